The SMILES string of the molecule is O=C(Cc1ccncc1)N[C@H]1CCN(c2c(Cl)cccc2/C=C2\SC(=O)NC2=O)C1. The van der Waals surface area contributed by atoms with Crippen LogP contribution in [-0.4, -0.2) is 41.2 Å². The van der Waals surface area contributed by atoms with Crippen LogP contribution in [0.5, 0.6) is 0 Å². The van der Waals surface area contributed by atoms with E-state index >= 15 is 0 Å². The van der Waals surface area contributed by atoms with Crippen LogP contribution in [0, 0.1) is 0 Å². The van der Waals surface area contributed by atoms with Gasteiger partial charge >= 0.3 is 0 Å². The second-order valence-corrected chi connectivity index (χ2v) is 8.48. The summed E-state index contributed by atoms with van der Waals surface area (Å²) in [6, 6.07) is 9.11. The Morgan fingerprint density at radius 2 is 2.10 bits per heavy atom. The molecule has 2 aromatic rings. The molecule has 0 saturated carbocycles. The lowest BCUT2D eigenvalue weighted by Gasteiger charge is -2.23. The molecule has 9 heteroatoms. The maximum absolute atomic E-state index is 12.4. The third kappa shape index (κ3) is 4.66. The van der Waals surface area contributed by atoms with E-state index in [1.807, 2.05) is 24.3 Å². The van der Waals surface area contributed by atoms with Crippen LogP contribution < -0.4 is 15.5 Å². The fraction of sp³-hybridized carbons (Fsp3) is 0.238. The molecule has 0 aliphatic carbocycles. The highest BCUT2D eigenvalue weighted by Crippen LogP contribution is 2.36. The van der Waals surface area contributed by atoms with Crippen molar-refractivity contribution in [1.82, 2.24) is 15.6 Å². The van der Waals surface area contributed by atoms with Gasteiger partial charge in [-0.05, 0) is 48.0 Å². The number of pyridine rings is 1. The van der Waals surface area contributed by atoms with Crippen LogP contribution in [0.2, 0.25) is 5.02 Å². The molecule has 1 atom stereocenters. The van der Waals surface area contributed by atoms with Crippen molar-refractivity contribution >= 4 is 52.2 Å². The van der Waals surface area contributed by atoms with Crippen molar-refractivity contribution in [2.45, 2.75) is 18.9 Å². The van der Waals surface area contributed by atoms with E-state index < -0.39 is 5.91 Å². The van der Waals surface area contributed by atoms with Crippen molar-refractivity contribution in [2.24, 2.45) is 0 Å². The average Bonchev–Trinajstić information content (AvgIpc) is 3.28. The number of nitrogens with one attached hydrogen (secondary N) is 2. The number of benzene rings is 1. The Balaban J connectivity index is 1.46. The lowest BCUT2D eigenvalue weighted by Crippen LogP contribution is -2.38. The zero-order valence-electron chi connectivity index (χ0n) is 15.9. The molecule has 2 aliphatic rings. The average molecular weight is 443 g/mol. The minimum atomic E-state index is -0.404. The maximum atomic E-state index is 12.4. The molecule has 0 spiro atoms. The van der Waals surface area contributed by atoms with Crippen molar-refractivity contribution in [2.75, 3.05) is 18.0 Å². The Bertz CT molecular complexity index is 1030. The predicted octanol–water partition coefficient (Wildman–Crippen LogP) is 3.00. The summed E-state index contributed by atoms with van der Waals surface area (Å²) >= 11 is 7.36. The molecule has 4 rings (SSSR count). The van der Waals surface area contributed by atoms with E-state index in [0.29, 0.717) is 22.9 Å². The summed E-state index contributed by atoms with van der Waals surface area (Å²) in [5, 5.41) is 5.51. The van der Waals surface area contributed by atoms with E-state index in [9.17, 15) is 14.4 Å². The largest absolute Gasteiger partial charge is 0.368 e. The van der Waals surface area contributed by atoms with E-state index in [1.165, 1.54) is 0 Å². The second kappa shape index (κ2) is 8.89. The molecule has 0 bridgehead atoms. The number of hydrogen-bond donors (Lipinski definition) is 2. The van der Waals surface area contributed by atoms with E-state index in [-0.39, 0.29) is 17.2 Å². The highest BCUT2D eigenvalue weighted by Gasteiger charge is 2.29. The van der Waals surface area contributed by atoms with E-state index in [0.717, 1.165) is 41.5 Å². The molecule has 30 heavy (non-hydrogen) atoms. The van der Waals surface area contributed by atoms with Gasteiger partial charge in [0, 0.05) is 37.1 Å². The van der Waals surface area contributed by atoms with Crippen molar-refractivity contribution < 1.29 is 14.4 Å². The van der Waals surface area contributed by atoms with Crippen molar-refractivity contribution in [3.8, 4) is 0 Å². The number of rotatable bonds is 5. The molecule has 3 heterocycles. The third-order valence-electron chi connectivity index (χ3n) is 4.93. The number of carbonyl (C=O) groups is 3. The zero-order valence-corrected chi connectivity index (χ0v) is 17.5. The summed E-state index contributed by atoms with van der Waals surface area (Å²) in [6.07, 6.45) is 6.12. The second-order valence-electron chi connectivity index (χ2n) is 7.06. The number of aromatic nitrogens is 1. The first-order chi connectivity index (χ1) is 14.5. The number of hydrogen-bond acceptors (Lipinski definition) is 6. The van der Waals surface area contributed by atoms with Gasteiger partial charge in [-0.15, -0.1) is 0 Å². The number of thioether (sulfide) groups is 1. The summed E-state index contributed by atoms with van der Waals surface area (Å²) in [4.78, 5) is 42.1. The molecule has 2 saturated heterocycles. The number of carbonyl (C=O) groups excluding carboxylic acids is 3. The fourth-order valence-corrected chi connectivity index (χ4v) is 4.56. The van der Waals surface area contributed by atoms with Crippen LogP contribution in [0.1, 0.15) is 17.5 Å². The Morgan fingerprint density at radius 3 is 2.83 bits per heavy atom. The number of amides is 3. The van der Waals surface area contributed by atoms with Gasteiger partial charge in [0.2, 0.25) is 5.91 Å². The van der Waals surface area contributed by atoms with E-state index in [2.05, 4.69) is 20.5 Å². The summed E-state index contributed by atoms with van der Waals surface area (Å²) in [5.74, 6) is -0.439. The van der Waals surface area contributed by atoms with Gasteiger partial charge in [-0.3, -0.25) is 24.7 Å². The molecular formula is C21H19ClN4O3S. The maximum Gasteiger partial charge on any atom is 0.290 e. The highest BCUT2D eigenvalue weighted by atomic mass is 35.5. The van der Waals surface area contributed by atoms with Gasteiger partial charge in [-0.1, -0.05) is 23.7 Å². The monoisotopic (exact) mass is 442 g/mol. The van der Waals surface area contributed by atoms with Crippen LogP contribution in [0.4, 0.5) is 10.5 Å². The van der Waals surface area contributed by atoms with Gasteiger partial charge in [0.05, 0.1) is 22.0 Å². The first-order valence-corrected chi connectivity index (χ1v) is 10.7. The van der Waals surface area contributed by atoms with E-state index in [4.69, 9.17) is 11.6 Å². The summed E-state index contributed by atoms with van der Waals surface area (Å²) in [5.41, 5.74) is 2.48. The minimum absolute atomic E-state index is 0.00171. The topological polar surface area (TPSA) is 91.4 Å². The smallest absolute Gasteiger partial charge is 0.290 e. The summed E-state index contributed by atoms with van der Waals surface area (Å²) in [6.45, 7) is 1.33. The molecule has 0 unspecified atom stereocenters. The standard InChI is InChI=1S/C21H19ClN4O3S/c22-16-3-1-2-14(11-17-20(28)25-21(29)30-17)19(16)26-9-6-15(12-26)24-18(27)10-13-4-7-23-8-5-13/h1-5,7-8,11,15H,6,9-10,12H2,(H,24,27)(H,25,28,29)/b17-11-/t15-/m0/s1. The van der Waals surface area contributed by atoms with Crippen LogP contribution in [0.3, 0.4) is 0 Å². The first kappa shape index (κ1) is 20.4. The van der Waals surface area contributed by atoms with Gasteiger partial charge in [0.25, 0.3) is 11.1 Å². The molecule has 2 fully saturated rings. The number of para-hydroxylation sites is 1. The Labute approximate surface area is 182 Å². The number of anilines is 1. The Morgan fingerprint density at radius 1 is 1.30 bits per heavy atom. The normalized spacial score (nSPS) is 20.0. The summed E-state index contributed by atoms with van der Waals surface area (Å²) in [7, 11) is 0. The zero-order chi connectivity index (χ0) is 21.1. The van der Waals surface area contributed by atoms with Gasteiger partial charge in [0.1, 0.15) is 0 Å². The molecular weight excluding hydrogens is 424 g/mol. The molecule has 3 amide bonds. The molecule has 7 nitrogen and oxygen atoms in total. The van der Waals surface area contributed by atoms with Gasteiger partial charge < -0.3 is 10.2 Å². The van der Waals surface area contributed by atoms with Gasteiger partial charge in [0.15, 0.2) is 0 Å². The molecule has 1 aromatic heterocycles. The Kier molecular flexibility index (Phi) is 6.06. The lowest BCUT2D eigenvalue weighted by atomic mass is 10.1. The van der Waals surface area contributed by atoms with Crippen molar-refractivity contribution in [3.05, 3.63) is 63.8 Å². The van der Waals surface area contributed by atoms with Gasteiger partial charge in [-0.25, -0.2) is 0 Å². The van der Waals surface area contributed by atoms with Crippen LogP contribution in [0.25, 0.3) is 6.08 Å². The molecule has 1 aromatic carbocycles. The molecule has 0 radical (unpaired) electrons. The predicted molar refractivity (Wildman–Crippen MR) is 117 cm³/mol. The van der Waals surface area contributed by atoms with Crippen LogP contribution in [-0.2, 0) is 16.0 Å². The van der Waals surface area contributed by atoms with Crippen molar-refractivity contribution in [3.63, 3.8) is 0 Å². The van der Waals surface area contributed by atoms with Gasteiger partial charge in [-0.2, -0.15) is 0 Å². The van der Waals surface area contributed by atoms with E-state index in [1.54, 1.807) is 24.5 Å². The number of imide groups is 1. The Hall–Kier alpha value is -2.84. The van der Waals surface area contributed by atoms with Crippen LogP contribution in [0.15, 0.2) is 47.6 Å². The van der Waals surface area contributed by atoms with Crippen molar-refractivity contribution in [1.29, 1.82) is 0 Å². The minimum Gasteiger partial charge on any atom is -0.368 e. The number of halogens is 1. The quantitative estimate of drug-likeness (QED) is 0.692. The fourth-order valence-electron chi connectivity index (χ4n) is 3.59. The third-order valence-corrected chi connectivity index (χ3v) is 6.05. The van der Waals surface area contributed by atoms with Crippen LogP contribution >= 0.6 is 23.4 Å². The first-order valence-electron chi connectivity index (χ1n) is 9.46. The molecule has 2 aliphatic heterocycles. The highest BCUT2D eigenvalue weighted by molar-refractivity contribution is 8.18. The summed E-state index contributed by atoms with van der Waals surface area (Å²) < 4.78 is 0. The number of nitrogens with zero attached hydrogens (tertiary/aromatic N) is 2. The lowest BCUT2D eigenvalue weighted by molar-refractivity contribution is -0.121. The molecule has 154 valence electrons. The molecule has 2 N–H and O–H groups in total.